The highest BCUT2D eigenvalue weighted by atomic mass is 79.9. The molecule has 0 rings (SSSR count). The Morgan fingerprint density at radius 3 is 2.42 bits per heavy atom. The molecule has 0 fully saturated rings. The van der Waals surface area contributed by atoms with Gasteiger partial charge in [-0.3, -0.25) is 0 Å². The molecular weight excluding hydrogens is 280 g/mol. The maximum absolute atomic E-state index is 3.99. The first-order valence-electron chi connectivity index (χ1n) is 3.92. The summed E-state index contributed by atoms with van der Waals surface area (Å²) >= 11 is 6.88. The van der Waals surface area contributed by atoms with E-state index in [2.05, 4.69) is 51.4 Å². The first-order chi connectivity index (χ1) is 5.65. The van der Waals surface area contributed by atoms with Gasteiger partial charge in [0.2, 0.25) is 0 Å². The minimum Gasteiger partial charge on any atom is -0.0955 e. The average Bonchev–Trinajstić information content (AvgIpc) is 2.12. The molecule has 12 heavy (non-hydrogen) atoms. The van der Waals surface area contributed by atoms with Gasteiger partial charge >= 0.3 is 0 Å². The van der Waals surface area contributed by atoms with Gasteiger partial charge in [0.05, 0.1) is 0 Å². The predicted octanol–water partition coefficient (Wildman–Crippen LogP) is 4.57. The Balaban J connectivity index is 4.54. The molecule has 0 N–H and O–H groups in total. The normalized spacial score (nSPS) is 13.3. The number of halogens is 2. The highest BCUT2D eigenvalue weighted by molar-refractivity contribution is 9.12. The second-order valence-electron chi connectivity index (χ2n) is 2.43. The summed E-state index contributed by atoms with van der Waals surface area (Å²) < 4.78 is 1.10. The van der Waals surface area contributed by atoms with Crippen molar-refractivity contribution < 1.29 is 0 Å². The summed E-state index contributed by atoms with van der Waals surface area (Å²) in [4.78, 5) is 0. The Labute approximate surface area is 91.7 Å². The number of alkyl halides is 1. The topological polar surface area (TPSA) is 0 Å². The van der Waals surface area contributed by atoms with Crippen molar-refractivity contribution in [1.29, 1.82) is 0 Å². The van der Waals surface area contributed by atoms with Crippen LogP contribution < -0.4 is 0 Å². The largest absolute Gasteiger partial charge is 0.0955 e. The van der Waals surface area contributed by atoms with Crippen LogP contribution in [0.1, 0.15) is 20.3 Å². The Hall–Kier alpha value is 0.180. The van der Waals surface area contributed by atoms with Crippen molar-refractivity contribution in [3.8, 4) is 0 Å². The van der Waals surface area contributed by atoms with Crippen molar-refractivity contribution in [2.24, 2.45) is 0 Å². The van der Waals surface area contributed by atoms with Gasteiger partial charge in [-0.2, -0.15) is 0 Å². The van der Waals surface area contributed by atoms with E-state index in [0.29, 0.717) is 0 Å². The minimum absolute atomic E-state index is 0.864. The molecule has 0 nitrogen and oxygen atoms in total. The molecule has 0 aliphatic carbocycles. The van der Waals surface area contributed by atoms with Gasteiger partial charge in [0.1, 0.15) is 0 Å². The van der Waals surface area contributed by atoms with Crippen molar-refractivity contribution >= 4 is 31.9 Å². The van der Waals surface area contributed by atoms with Gasteiger partial charge in [0, 0.05) is 9.81 Å². The minimum atomic E-state index is 0.864. The van der Waals surface area contributed by atoms with Crippen molar-refractivity contribution in [3.63, 3.8) is 0 Å². The quantitative estimate of drug-likeness (QED) is 0.526. The number of rotatable bonds is 4. The summed E-state index contributed by atoms with van der Waals surface area (Å²) in [5, 5.41) is 0.864. The molecule has 0 spiro atoms. The maximum atomic E-state index is 3.99. The van der Waals surface area contributed by atoms with Crippen LogP contribution in [0.25, 0.3) is 0 Å². The van der Waals surface area contributed by atoms with Crippen LogP contribution >= 0.6 is 31.9 Å². The zero-order valence-corrected chi connectivity index (χ0v) is 10.7. The molecule has 0 heterocycles. The van der Waals surface area contributed by atoms with E-state index in [1.165, 1.54) is 11.1 Å². The van der Waals surface area contributed by atoms with Crippen LogP contribution in [-0.2, 0) is 0 Å². The number of hydrogen-bond acceptors (Lipinski definition) is 0. The monoisotopic (exact) mass is 292 g/mol. The summed E-state index contributed by atoms with van der Waals surface area (Å²) in [7, 11) is 0. The van der Waals surface area contributed by atoms with Gasteiger partial charge in [0.15, 0.2) is 0 Å². The smallest absolute Gasteiger partial charge is 0.0285 e. The molecule has 68 valence electrons. The third-order valence-electron chi connectivity index (χ3n) is 1.61. The zero-order chi connectivity index (χ0) is 9.56. The standard InChI is InChI=1S/C10H14Br2/c1-4-8(3)9(7-11)6-10(12)5-2/h5-6H,3-4,7H2,1-2H3. The van der Waals surface area contributed by atoms with Gasteiger partial charge < -0.3 is 0 Å². The Morgan fingerprint density at radius 2 is 2.08 bits per heavy atom. The van der Waals surface area contributed by atoms with E-state index in [0.717, 1.165) is 16.2 Å². The van der Waals surface area contributed by atoms with E-state index in [1.54, 1.807) is 0 Å². The Bertz CT molecular complexity index is 212. The number of allylic oxidation sites excluding steroid dienone is 5. The van der Waals surface area contributed by atoms with Crippen molar-refractivity contribution in [2.75, 3.05) is 5.33 Å². The highest BCUT2D eigenvalue weighted by Crippen LogP contribution is 2.18. The molecule has 0 bridgehead atoms. The van der Waals surface area contributed by atoms with Crippen LogP contribution in [0.15, 0.2) is 34.4 Å². The van der Waals surface area contributed by atoms with Gasteiger partial charge in [-0.1, -0.05) is 57.0 Å². The SMILES string of the molecule is C=C(CC)C(=CC(Br)=CC)CBr. The first kappa shape index (κ1) is 12.2. The molecule has 0 atom stereocenters. The fraction of sp³-hybridized carbons (Fsp3) is 0.400. The van der Waals surface area contributed by atoms with Crippen LogP contribution in [0.2, 0.25) is 0 Å². The maximum Gasteiger partial charge on any atom is 0.0285 e. The molecule has 0 amide bonds. The molecular formula is C10H14Br2. The summed E-state index contributed by atoms with van der Waals surface area (Å²) in [6.07, 6.45) is 5.12. The van der Waals surface area contributed by atoms with E-state index in [9.17, 15) is 0 Å². The average molecular weight is 294 g/mol. The Morgan fingerprint density at radius 1 is 1.50 bits per heavy atom. The van der Waals surface area contributed by atoms with Crippen LogP contribution in [0.5, 0.6) is 0 Å². The molecule has 0 aromatic carbocycles. The lowest BCUT2D eigenvalue weighted by molar-refractivity contribution is 1.12. The van der Waals surface area contributed by atoms with Gasteiger partial charge in [-0.25, -0.2) is 0 Å². The molecule has 0 aliphatic rings. The fourth-order valence-electron chi connectivity index (χ4n) is 0.712. The lowest BCUT2D eigenvalue weighted by Crippen LogP contribution is -1.88. The third-order valence-corrected chi connectivity index (χ3v) is 2.90. The molecule has 0 saturated heterocycles. The molecule has 0 unspecified atom stereocenters. The Kier molecular flexibility index (Phi) is 6.77. The predicted molar refractivity (Wildman–Crippen MR) is 64.0 cm³/mol. The molecule has 0 aliphatic heterocycles. The van der Waals surface area contributed by atoms with Gasteiger partial charge in [-0.15, -0.1) is 0 Å². The van der Waals surface area contributed by atoms with Crippen molar-refractivity contribution in [3.05, 3.63) is 34.4 Å². The number of hydrogen-bond donors (Lipinski definition) is 0. The first-order valence-corrected chi connectivity index (χ1v) is 5.83. The van der Waals surface area contributed by atoms with Crippen LogP contribution in [-0.4, -0.2) is 5.33 Å². The molecule has 0 aromatic heterocycles. The van der Waals surface area contributed by atoms with Crippen molar-refractivity contribution in [2.45, 2.75) is 20.3 Å². The second kappa shape index (κ2) is 6.67. The van der Waals surface area contributed by atoms with Gasteiger partial charge in [-0.05, 0) is 25.0 Å². The molecule has 0 radical (unpaired) electrons. The lowest BCUT2D eigenvalue weighted by Gasteiger charge is -2.04. The van der Waals surface area contributed by atoms with Crippen LogP contribution in [0.3, 0.4) is 0 Å². The van der Waals surface area contributed by atoms with Crippen molar-refractivity contribution in [1.82, 2.24) is 0 Å². The van der Waals surface area contributed by atoms with Crippen LogP contribution in [0, 0.1) is 0 Å². The molecule has 0 aromatic rings. The zero-order valence-electron chi connectivity index (χ0n) is 7.53. The van der Waals surface area contributed by atoms with E-state index in [-0.39, 0.29) is 0 Å². The second-order valence-corrected chi connectivity index (χ2v) is 3.91. The lowest BCUT2D eigenvalue weighted by atomic mass is 10.1. The summed E-state index contributed by atoms with van der Waals surface area (Å²) in [6, 6.07) is 0. The highest BCUT2D eigenvalue weighted by Gasteiger charge is 1.98. The van der Waals surface area contributed by atoms with E-state index in [1.807, 2.05) is 13.0 Å². The third kappa shape index (κ3) is 4.27. The molecule has 2 heteroatoms. The molecule has 0 saturated carbocycles. The van der Waals surface area contributed by atoms with E-state index < -0.39 is 0 Å². The van der Waals surface area contributed by atoms with Crippen LogP contribution in [0.4, 0.5) is 0 Å². The summed E-state index contributed by atoms with van der Waals surface area (Å²) in [5.41, 5.74) is 2.44. The van der Waals surface area contributed by atoms with E-state index in [4.69, 9.17) is 0 Å². The summed E-state index contributed by atoms with van der Waals surface area (Å²) in [5.74, 6) is 0. The van der Waals surface area contributed by atoms with E-state index >= 15 is 0 Å². The fourth-order valence-corrected chi connectivity index (χ4v) is 1.55. The van der Waals surface area contributed by atoms with Gasteiger partial charge in [0.25, 0.3) is 0 Å². The summed E-state index contributed by atoms with van der Waals surface area (Å²) in [6.45, 7) is 8.10.